The van der Waals surface area contributed by atoms with Gasteiger partial charge < -0.3 is 4.74 Å². The van der Waals surface area contributed by atoms with Gasteiger partial charge in [0.25, 0.3) is 0 Å². The maximum atomic E-state index is 12.5. The number of carbonyl (C=O) groups is 1. The highest BCUT2D eigenvalue weighted by atomic mass is 79.9. The topological polar surface area (TPSA) is 29.6 Å². The molecule has 4 rings (SSSR count). The fraction of sp³-hybridized carbons (Fsp3) is 0.188. The third kappa shape index (κ3) is 1.55. The fourth-order valence-electron chi connectivity index (χ4n) is 2.95. The number of epoxide rings is 1. The van der Waals surface area contributed by atoms with Crippen LogP contribution in [0.4, 0.5) is 0 Å². The number of Topliss-reactive ketones (excluding diaryl/α,β-unsaturated/α-hetero) is 1. The van der Waals surface area contributed by atoms with Crippen LogP contribution in [0.15, 0.2) is 53.0 Å². The van der Waals surface area contributed by atoms with Crippen LogP contribution >= 0.6 is 15.9 Å². The molecule has 0 aromatic heterocycles. The molecule has 0 bridgehead atoms. The molecule has 1 aliphatic carbocycles. The molecule has 0 saturated carbocycles. The first kappa shape index (κ1) is 11.4. The second kappa shape index (κ2) is 3.78. The van der Waals surface area contributed by atoms with Gasteiger partial charge in [-0.25, -0.2) is 0 Å². The quantitative estimate of drug-likeness (QED) is 0.751. The number of ketones is 1. The number of benzene rings is 2. The lowest BCUT2D eigenvalue weighted by Gasteiger charge is -2.01. The first-order valence-corrected chi connectivity index (χ1v) is 7.06. The summed E-state index contributed by atoms with van der Waals surface area (Å²) in [6, 6.07) is 15.8. The van der Waals surface area contributed by atoms with Gasteiger partial charge in [-0.3, -0.25) is 4.79 Å². The number of fused-ring (bicyclic) bond motifs is 1. The lowest BCUT2D eigenvalue weighted by atomic mass is 9.96. The molecule has 0 amide bonds. The molecule has 2 aromatic rings. The third-order valence-corrected chi connectivity index (χ3v) is 4.50. The molecule has 2 aliphatic rings. The van der Waals surface area contributed by atoms with Crippen molar-refractivity contribution in [1.29, 1.82) is 0 Å². The summed E-state index contributed by atoms with van der Waals surface area (Å²) in [7, 11) is 0. The molecule has 1 spiro atoms. The molecule has 1 heterocycles. The van der Waals surface area contributed by atoms with Crippen molar-refractivity contribution >= 4 is 21.7 Å². The molecule has 1 fully saturated rings. The van der Waals surface area contributed by atoms with Crippen LogP contribution < -0.4 is 0 Å². The number of ether oxygens (including phenoxy) is 1. The summed E-state index contributed by atoms with van der Waals surface area (Å²) < 4.78 is 6.86. The highest BCUT2D eigenvalue weighted by Crippen LogP contribution is 2.56. The average molecular weight is 315 g/mol. The molecule has 0 N–H and O–H groups in total. The Kier molecular flexibility index (Phi) is 2.26. The van der Waals surface area contributed by atoms with Gasteiger partial charge in [0.05, 0.1) is 0 Å². The largest absolute Gasteiger partial charge is 0.352 e. The average Bonchev–Trinajstić information content (AvgIpc) is 3.07. The van der Waals surface area contributed by atoms with E-state index in [-0.39, 0.29) is 11.9 Å². The van der Waals surface area contributed by atoms with E-state index in [9.17, 15) is 4.79 Å². The van der Waals surface area contributed by atoms with Crippen LogP contribution in [0.3, 0.4) is 0 Å². The van der Waals surface area contributed by atoms with Gasteiger partial charge in [0.2, 0.25) is 0 Å². The summed E-state index contributed by atoms with van der Waals surface area (Å²) in [5.41, 5.74) is 2.37. The SMILES string of the molecule is O=C1c2ccccc2C[C@@]12O[C@@H]2c1ccc(Br)cc1. The number of hydrogen-bond donors (Lipinski definition) is 0. The van der Waals surface area contributed by atoms with E-state index < -0.39 is 5.60 Å². The van der Waals surface area contributed by atoms with Crippen LogP contribution in [0.5, 0.6) is 0 Å². The Morgan fingerprint density at radius 2 is 1.84 bits per heavy atom. The number of hydrogen-bond acceptors (Lipinski definition) is 2. The summed E-state index contributed by atoms with van der Waals surface area (Å²) in [4.78, 5) is 12.5. The van der Waals surface area contributed by atoms with Gasteiger partial charge in [0.15, 0.2) is 11.4 Å². The van der Waals surface area contributed by atoms with E-state index in [2.05, 4.69) is 15.9 Å². The van der Waals surface area contributed by atoms with Gasteiger partial charge in [0, 0.05) is 16.5 Å². The van der Waals surface area contributed by atoms with Crippen molar-refractivity contribution in [3.8, 4) is 0 Å². The van der Waals surface area contributed by atoms with E-state index in [1.807, 2.05) is 48.5 Å². The Labute approximate surface area is 119 Å². The van der Waals surface area contributed by atoms with Crippen molar-refractivity contribution < 1.29 is 9.53 Å². The van der Waals surface area contributed by atoms with Gasteiger partial charge >= 0.3 is 0 Å². The van der Waals surface area contributed by atoms with Crippen LogP contribution in [-0.2, 0) is 11.2 Å². The van der Waals surface area contributed by atoms with E-state index in [1.165, 1.54) is 0 Å². The zero-order chi connectivity index (χ0) is 13.0. The lowest BCUT2D eigenvalue weighted by molar-refractivity contribution is 0.0894. The maximum Gasteiger partial charge on any atom is 0.198 e. The van der Waals surface area contributed by atoms with Gasteiger partial charge in [-0.05, 0) is 23.3 Å². The molecule has 1 aliphatic heterocycles. The monoisotopic (exact) mass is 314 g/mol. The molecule has 2 nitrogen and oxygen atoms in total. The lowest BCUT2D eigenvalue weighted by Crippen LogP contribution is -2.20. The van der Waals surface area contributed by atoms with E-state index in [4.69, 9.17) is 4.74 Å². The Hall–Kier alpha value is -1.45. The first-order valence-electron chi connectivity index (χ1n) is 6.27. The Bertz CT molecular complexity index is 677. The van der Waals surface area contributed by atoms with E-state index in [0.717, 1.165) is 21.2 Å². The van der Waals surface area contributed by atoms with Crippen molar-refractivity contribution in [2.75, 3.05) is 0 Å². The molecular weight excluding hydrogens is 304 g/mol. The predicted octanol–water partition coefficient (Wildman–Crippen LogP) is 3.70. The van der Waals surface area contributed by atoms with Crippen LogP contribution in [0.25, 0.3) is 0 Å². The minimum atomic E-state index is -0.627. The molecule has 0 radical (unpaired) electrons. The molecular formula is C16H11BrO2. The third-order valence-electron chi connectivity index (χ3n) is 3.97. The molecule has 94 valence electrons. The fourth-order valence-corrected chi connectivity index (χ4v) is 3.21. The Morgan fingerprint density at radius 1 is 1.11 bits per heavy atom. The van der Waals surface area contributed by atoms with Crippen molar-refractivity contribution in [3.63, 3.8) is 0 Å². The van der Waals surface area contributed by atoms with E-state index in [0.29, 0.717) is 6.42 Å². The van der Waals surface area contributed by atoms with E-state index >= 15 is 0 Å². The predicted molar refractivity (Wildman–Crippen MR) is 75.2 cm³/mol. The number of rotatable bonds is 1. The zero-order valence-electron chi connectivity index (χ0n) is 10.1. The Balaban J connectivity index is 1.70. The zero-order valence-corrected chi connectivity index (χ0v) is 11.7. The van der Waals surface area contributed by atoms with Gasteiger partial charge in [-0.1, -0.05) is 52.3 Å². The highest BCUT2D eigenvalue weighted by Gasteiger charge is 2.65. The normalized spacial score (nSPS) is 27.6. The highest BCUT2D eigenvalue weighted by molar-refractivity contribution is 9.10. The molecule has 3 heteroatoms. The van der Waals surface area contributed by atoms with E-state index in [1.54, 1.807) is 0 Å². The van der Waals surface area contributed by atoms with Crippen molar-refractivity contribution in [2.24, 2.45) is 0 Å². The summed E-state index contributed by atoms with van der Waals surface area (Å²) >= 11 is 3.42. The van der Waals surface area contributed by atoms with Crippen LogP contribution in [0, 0.1) is 0 Å². The number of carbonyl (C=O) groups excluding carboxylic acids is 1. The summed E-state index contributed by atoms with van der Waals surface area (Å²) in [5, 5.41) is 0. The second-order valence-electron chi connectivity index (χ2n) is 5.10. The summed E-state index contributed by atoms with van der Waals surface area (Å²) in [5.74, 6) is 0.135. The second-order valence-corrected chi connectivity index (χ2v) is 6.02. The van der Waals surface area contributed by atoms with Crippen LogP contribution in [-0.4, -0.2) is 11.4 Å². The number of halogens is 1. The van der Waals surface area contributed by atoms with Crippen molar-refractivity contribution in [1.82, 2.24) is 0 Å². The summed E-state index contributed by atoms with van der Waals surface area (Å²) in [6.07, 6.45) is 0.600. The van der Waals surface area contributed by atoms with Gasteiger partial charge in [-0.15, -0.1) is 0 Å². The smallest absolute Gasteiger partial charge is 0.198 e. The van der Waals surface area contributed by atoms with Crippen molar-refractivity contribution in [3.05, 3.63) is 69.7 Å². The van der Waals surface area contributed by atoms with Crippen LogP contribution in [0.2, 0.25) is 0 Å². The molecule has 0 unspecified atom stereocenters. The van der Waals surface area contributed by atoms with Crippen LogP contribution in [0.1, 0.15) is 27.6 Å². The van der Waals surface area contributed by atoms with Crippen molar-refractivity contribution in [2.45, 2.75) is 18.1 Å². The summed E-state index contributed by atoms with van der Waals surface area (Å²) in [6.45, 7) is 0. The molecule has 1 saturated heterocycles. The molecule has 19 heavy (non-hydrogen) atoms. The minimum Gasteiger partial charge on any atom is -0.352 e. The minimum absolute atomic E-state index is 0.0968. The maximum absolute atomic E-state index is 12.5. The first-order chi connectivity index (χ1) is 9.21. The van der Waals surface area contributed by atoms with Gasteiger partial charge in [0.1, 0.15) is 6.10 Å². The molecule has 2 atom stereocenters. The van der Waals surface area contributed by atoms with Gasteiger partial charge in [-0.2, -0.15) is 0 Å². The standard InChI is InChI=1S/C16H11BrO2/c17-12-7-5-10(6-8-12)15-16(19-15)9-11-3-1-2-4-13(11)14(16)18/h1-8,15H,9H2/t15-,16-/m1/s1. The Morgan fingerprint density at radius 3 is 2.58 bits per heavy atom. The molecule has 2 aromatic carbocycles.